The van der Waals surface area contributed by atoms with Crippen molar-refractivity contribution in [2.45, 2.75) is 26.5 Å². The van der Waals surface area contributed by atoms with Crippen molar-refractivity contribution in [2.75, 3.05) is 20.8 Å². The number of methoxy groups -OCH3 is 2. The van der Waals surface area contributed by atoms with Crippen LogP contribution in [0, 0.1) is 0 Å². The monoisotopic (exact) mass is 726 g/mol. The zero-order valence-electron chi connectivity index (χ0n) is 23.9. The fourth-order valence-corrected chi connectivity index (χ4v) is 7.31. The predicted octanol–water partition coefficient (Wildman–Crippen LogP) is 5.92. The molecule has 0 spiro atoms. The fourth-order valence-electron chi connectivity index (χ4n) is 4.81. The van der Waals surface area contributed by atoms with Crippen molar-refractivity contribution >= 4 is 55.2 Å². The van der Waals surface area contributed by atoms with Crippen LogP contribution in [0.1, 0.15) is 36.6 Å². The van der Waals surface area contributed by atoms with Gasteiger partial charge in [-0.1, -0.05) is 41.7 Å². The second-order valence-electron chi connectivity index (χ2n) is 9.50. The third-order valence-corrected chi connectivity index (χ3v) is 8.96. The molecule has 43 heavy (non-hydrogen) atoms. The lowest BCUT2D eigenvalue weighted by atomic mass is 9.95. The Morgan fingerprint density at radius 2 is 1.77 bits per heavy atom. The summed E-state index contributed by atoms with van der Waals surface area (Å²) in [5.41, 5.74) is 2.88. The molecule has 0 bridgehead atoms. The summed E-state index contributed by atoms with van der Waals surface area (Å²) in [4.78, 5) is 32.4. The van der Waals surface area contributed by atoms with Crippen LogP contribution in [0.2, 0.25) is 0 Å². The van der Waals surface area contributed by atoms with Gasteiger partial charge in [0.05, 0.1) is 45.6 Å². The molecule has 2 heterocycles. The highest BCUT2D eigenvalue weighted by Gasteiger charge is 2.35. The summed E-state index contributed by atoms with van der Waals surface area (Å²) in [5, 5.41) is 0. The van der Waals surface area contributed by atoms with E-state index < -0.39 is 12.0 Å². The number of nitrogens with zero attached hydrogens (tertiary/aromatic N) is 2. The Bertz CT molecular complexity index is 1880. The van der Waals surface area contributed by atoms with Gasteiger partial charge in [-0.25, -0.2) is 9.79 Å². The quantitative estimate of drug-likeness (QED) is 0.199. The number of carbonyl (C=O) groups excluding carboxylic acids is 1. The van der Waals surface area contributed by atoms with Crippen LogP contribution in [0.5, 0.6) is 17.2 Å². The summed E-state index contributed by atoms with van der Waals surface area (Å²) in [6, 6.07) is 18.1. The summed E-state index contributed by atoms with van der Waals surface area (Å²) in [6.07, 6.45) is 1.80. The number of allylic oxidation sites excluding steroid dienone is 1. The summed E-state index contributed by atoms with van der Waals surface area (Å²) in [5.74, 6) is 1.16. The number of fused-ring (bicyclic) bond motifs is 1. The highest BCUT2D eigenvalue weighted by atomic mass is 79.9. The Kier molecular flexibility index (Phi) is 9.53. The molecule has 0 radical (unpaired) electrons. The van der Waals surface area contributed by atoms with E-state index in [0.29, 0.717) is 44.4 Å². The summed E-state index contributed by atoms with van der Waals surface area (Å²) in [7, 11) is 3.09. The van der Waals surface area contributed by atoms with Gasteiger partial charge in [-0.3, -0.25) is 9.36 Å². The lowest BCUT2D eigenvalue weighted by Crippen LogP contribution is -2.40. The van der Waals surface area contributed by atoms with Gasteiger partial charge in [0, 0.05) is 11.6 Å². The number of aromatic nitrogens is 1. The van der Waals surface area contributed by atoms with Gasteiger partial charge in [0.1, 0.15) is 29.9 Å². The first kappa shape index (κ1) is 30.8. The minimum Gasteiger partial charge on any atom is -0.497 e. The SMILES string of the molecule is CCOC(=O)C1=C(C)N=c2s/c(=C\c3cc(Br)c(OCc4ccccc4)c(Br)c3)c(=O)n2[C@@H]1c1ccc(OC)cc1OC. The van der Waals surface area contributed by atoms with E-state index in [2.05, 4.69) is 36.9 Å². The smallest absolute Gasteiger partial charge is 0.338 e. The Balaban J connectivity index is 1.60. The molecule has 1 aliphatic heterocycles. The van der Waals surface area contributed by atoms with Crippen LogP contribution in [0.25, 0.3) is 6.08 Å². The lowest BCUT2D eigenvalue weighted by Gasteiger charge is -2.26. The number of hydrogen-bond donors (Lipinski definition) is 0. The molecule has 0 saturated heterocycles. The van der Waals surface area contributed by atoms with E-state index in [1.807, 2.05) is 42.5 Å². The molecule has 0 amide bonds. The number of carbonyl (C=O) groups is 1. The maximum absolute atomic E-state index is 14.0. The van der Waals surface area contributed by atoms with Gasteiger partial charge in [-0.15, -0.1) is 0 Å². The Morgan fingerprint density at radius 3 is 2.42 bits per heavy atom. The minimum atomic E-state index is -0.814. The van der Waals surface area contributed by atoms with Gasteiger partial charge in [-0.2, -0.15) is 0 Å². The molecule has 8 nitrogen and oxygen atoms in total. The molecule has 1 aromatic heterocycles. The zero-order valence-corrected chi connectivity index (χ0v) is 27.8. The van der Waals surface area contributed by atoms with E-state index in [4.69, 9.17) is 18.9 Å². The lowest BCUT2D eigenvalue weighted by molar-refractivity contribution is -0.139. The topological polar surface area (TPSA) is 88.4 Å². The molecule has 4 aromatic rings. The molecule has 0 fully saturated rings. The van der Waals surface area contributed by atoms with Crippen molar-refractivity contribution in [3.63, 3.8) is 0 Å². The van der Waals surface area contributed by atoms with E-state index in [0.717, 1.165) is 20.1 Å². The first-order valence-electron chi connectivity index (χ1n) is 13.3. The molecule has 0 aliphatic carbocycles. The van der Waals surface area contributed by atoms with Crippen molar-refractivity contribution in [2.24, 2.45) is 4.99 Å². The predicted molar refractivity (Wildman–Crippen MR) is 173 cm³/mol. The van der Waals surface area contributed by atoms with Crippen LogP contribution in [0.15, 0.2) is 90.7 Å². The normalized spacial score (nSPS) is 14.7. The molecule has 222 valence electrons. The second kappa shape index (κ2) is 13.3. The molecule has 1 aliphatic rings. The largest absolute Gasteiger partial charge is 0.497 e. The van der Waals surface area contributed by atoms with Crippen molar-refractivity contribution in [1.82, 2.24) is 4.57 Å². The van der Waals surface area contributed by atoms with Gasteiger partial charge in [0.2, 0.25) is 0 Å². The molecule has 1 atom stereocenters. The van der Waals surface area contributed by atoms with Crippen molar-refractivity contribution in [3.8, 4) is 17.2 Å². The third-order valence-electron chi connectivity index (χ3n) is 6.80. The maximum atomic E-state index is 14.0. The van der Waals surface area contributed by atoms with Crippen LogP contribution < -0.4 is 29.1 Å². The average molecular weight is 728 g/mol. The number of thiazole rings is 1. The number of ether oxygens (including phenoxy) is 4. The average Bonchev–Trinajstić information content (AvgIpc) is 3.30. The number of rotatable bonds is 9. The van der Waals surface area contributed by atoms with Gasteiger partial charge in [0.15, 0.2) is 4.80 Å². The summed E-state index contributed by atoms with van der Waals surface area (Å²) >= 11 is 8.48. The molecule has 3 aromatic carbocycles. The molecular formula is C32H28Br2N2O6S. The van der Waals surface area contributed by atoms with Crippen LogP contribution in [-0.2, 0) is 16.1 Å². The third kappa shape index (κ3) is 6.34. The Hall–Kier alpha value is -3.67. The minimum absolute atomic E-state index is 0.182. The van der Waals surface area contributed by atoms with Gasteiger partial charge in [-0.05, 0) is 87.2 Å². The highest BCUT2D eigenvalue weighted by Crippen LogP contribution is 2.38. The summed E-state index contributed by atoms with van der Waals surface area (Å²) in [6.45, 7) is 4.07. The standard InChI is InChI=1S/C32H28Br2N2O6S/c1-5-41-31(38)27-18(2)35-32-36(28(27)22-12-11-21(39-3)16-25(22)40-4)30(37)26(43-32)15-20-13-23(33)29(24(34)14-20)42-17-19-9-7-6-8-10-19/h6-16,28H,5,17H2,1-4H3/b26-15-/t28-/m1/s1. The zero-order chi connectivity index (χ0) is 30.7. The molecular weight excluding hydrogens is 700 g/mol. The molecule has 11 heteroatoms. The maximum Gasteiger partial charge on any atom is 0.338 e. The number of hydrogen-bond acceptors (Lipinski definition) is 8. The second-order valence-corrected chi connectivity index (χ2v) is 12.2. The highest BCUT2D eigenvalue weighted by molar-refractivity contribution is 9.11. The van der Waals surface area contributed by atoms with Crippen molar-refractivity contribution < 1.29 is 23.7 Å². The van der Waals surface area contributed by atoms with Gasteiger partial charge < -0.3 is 18.9 Å². The van der Waals surface area contributed by atoms with E-state index in [9.17, 15) is 9.59 Å². The fraction of sp³-hybridized carbons (Fsp3) is 0.219. The van der Waals surface area contributed by atoms with Crippen LogP contribution in [0.3, 0.4) is 0 Å². The van der Waals surface area contributed by atoms with Crippen molar-refractivity contribution in [3.05, 3.63) is 117 Å². The van der Waals surface area contributed by atoms with E-state index in [-0.39, 0.29) is 17.7 Å². The molecule has 5 rings (SSSR count). The van der Waals surface area contributed by atoms with E-state index in [1.165, 1.54) is 23.0 Å². The molecule has 0 saturated carbocycles. The summed E-state index contributed by atoms with van der Waals surface area (Å²) < 4.78 is 26.0. The molecule has 0 unspecified atom stereocenters. The van der Waals surface area contributed by atoms with E-state index in [1.54, 1.807) is 45.2 Å². The van der Waals surface area contributed by atoms with Crippen LogP contribution >= 0.6 is 43.2 Å². The number of halogens is 2. The molecule has 0 N–H and O–H groups in total. The van der Waals surface area contributed by atoms with Gasteiger partial charge in [0.25, 0.3) is 5.56 Å². The van der Waals surface area contributed by atoms with Crippen LogP contribution in [0.4, 0.5) is 0 Å². The van der Waals surface area contributed by atoms with Gasteiger partial charge >= 0.3 is 5.97 Å². The number of benzene rings is 3. The van der Waals surface area contributed by atoms with Crippen molar-refractivity contribution in [1.29, 1.82) is 0 Å². The van der Waals surface area contributed by atoms with Crippen LogP contribution in [-0.4, -0.2) is 31.4 Å². The number of esters is 1. The first-order chi connectivity index (χ1) is 20.7. The Morgan fingerprint density at radius 1 is 1.05 bits per heavy atom. The Labute approximate surface area is 269 Å². The first-order valence-corrected chi connectivity index (χ1v) is 15.7. The van der Waals surface area contributed by atoms with E-state index >= 15 is 0 Å².